The maximum absolute atomic E-state index is 10.9. The van der Waals surface area contributed by atoms with Crippen molar-refractivity contribution in [2.24, 2.45) is 0 Å². The van der Waals surface area contributed by atoms with E-state index in [0.29, 0.717) is 0 Å². The van der Waals surface area contributed by atoms with Crippen molar-refractivity contribution in [3.63, 3.8) is 0 Å². The molecule has 2 aromatic rings. The van der Waals surface area contributed by atoms with E-state index < -0.39 is 5.97 Å². The minimum atomic E-state index is -0.924. The van der Waals surface area contributed by atoms with Gasteiger partial charge in [0.2, 0.25) is 0 Å². The minimum Gasteiger partial charge on any atom is -0.478 e. The van der Waals surface area contributed by atoms with Crippen molar-refractivity contribution >= 4 is 27.6 Å². The lowest BCUT2D eigenvalue weighted by molar-refractivity contribution is 0.0697. The van der Waals surface area contributed by atoms with E-state index in [1.54, 1.807) is 18.2 Å². The van der Waals surface area contributed by atoms with Crippen molar-refractivity contribution in [2.45, 2.75) is 19.4 Å². The highest BCUT2D eigenvalue weighted by Gasteiger charge is 2.12. The van der Waals surface area contributed by atoms with Crippen molar-refractivity contribution in [3.8, 4) is 0 Å². The lowest BCUT2D eigenvalue weighted by Crippen LogP contribution is -2.10. The van der Waals surface area contributed by atoms with E-state index in [-0.39, 0.29) is 11.6 Å². The number of hydrogen-bond donors (Lipinski definition) is 2. The van der Waals surface area contributed by atoms with Crippen LogP contribution in [0.25, 0.3) is 0 Å². The zero-order chi connectivity index (χ0) is 14.5. The van der Waals surface area contributed by atoms with Gasteiger partial charge in [-0.25, -0.2) is 4.79 Å². The Morgan fingerprint density at radius 3 is 2.50 bits per heavy atom. The van der Waals surface area contributed by atoms with E-state index in [9.17, 15) is 4.79 Å². The Morgan fingerprint density at radius 1 is 1.25 bits per heavy atom. The molecule has 0 aliphatic heterocycles. The molecule has 3 nitrogen and oxygen atoms in total. The van der Waals surface area contributed by atoms with E-state index in [2.05, 4.69) is 40.3 Å². The number of halogens is 1. The van der Waals surface area contributed by atoms with Crippen LogP contribution in [0.3, 0.4) is 0 Å². The van der Waals surface area contributed by atoms with E-state index in [1.807, 2.05) is 18.2 Å². The van der Waals surface area contributed by atoms with Crippen molar-refractivity contribution in [3.05, 3.63) is 64.1 Å². The van der Waals surface area contributed by atoms with Gasteiger partial charge in [-0.15, -0.1) is 0 Å². The molecular formula is C16H16BrNO2. The number of nitrogens with one attached hydrogen (secondary N) is 1. The van der Waals surface area contributed by atoms with Gasteiger partial charge in [-0.1, -0.05) is 37.3 Å². The highest BCUT2D eigenvalue weighted by molar-refractivity contribution is 9.10. The third kappa shape index (κ3) is 3.39. The van der Waals surface area contributed by atoms with E-state index >= 15 is 0 Å². The molecule has 20 heavy (non-hydrogen) atoms. The van der Waals surface area contributed by atoms with Crippen LogP contribution < -0.4 is 5.32 Å². The van der Waals surface area contributed by atoms with Gasteiger partial charge < -0.3 is 10.4 Å². The van der Waals surface area contributed by atoms with Crippen LogP contribution in [0, 0.1) is 0 Å². The molecule has 0 heterocycles. The lowest BCUT2D eigenvalue weighted by atomic mass is 10.0. The number of rotatable bonds is 5. The van der Waals surface area contributed by atoms with Crippen LogP contribution in [-0.4, -0.2) is 11.1 Å². The topological polar surface area (TPSA) is 49.3 Å². The van der Waals surface area contributed by atoms with Crippen LogP contribution in [0.1, 0.15) is 35.3 Å². The number of hydrogen-bond acceptors (Lipinski definition) is 2. The normalized spacial score (nSPS) is 11.9. The Kier molecular flexibility index (Phi) is 4.79. The minimum absolute atomic E-state index is 0.197. The smallest absolute Gasteiger partial charge is 0.335 e. The van der Waals surface area contributed by atoms with Gasteiger partial charge >= 0.3 is 5.97 Å². The molecular weight excluding hydrogens is 318 g/mol. The summed E-state index contributed by atoms with van der Waals surface area (Å²) in [5, 5.41) is 12.4. The van der Waals surface area contributed by atoms with Gasteiger partial charge in [-0.2, -0.15) is 0 Å². The standard InChI is InChI=1S/C16H16BrNO2/c1-2-14(11-6-4-3-5-7-11)18-15-9-8-12(16(19)20)10-13(15)17/h3-10,14,18H,2H2,1H3,(H,19,20). The fraction of sp³-hybridized carbons (Fsp3) is 0.188. The van der Waals surface area contributed by atoms with Gasteiger partial charge in [0.05, 0.1) is 11.6 Å². The first kappa shape index (κ1) is 14.6. The second-order valence-corrected chi connectivity index (χ2v) is 5.37. The summed E-state index contributed by atoms with van der Waals surface area (Å²) in [6, 6.07) is 15.4. The molecule has 104 valence electrons. The van der Waals surface area contributed by atoms with Crippen LogP contribution in [0.5, 0.6) is 0 Å². The molecule has 0 aromatic heterocycles. The van der Waals surface area contributed by atoms with Crippen LogP contribution in [0.2, 0.25) is 0 Å². The molecule has 0 spiro atoms. The predicted molar refractivity (Wildman–Crippen MR) is 84.2 cm³/mol. The quantitative estimate of drug-likeness (QED) is 0.832. The Bertz CT molecular complexity index is 599. The molecule has 0 fully saturated rings. The zero-order valence-electron chi connectivity index (χ0n) is 11.1. The maximum Gasteiger partial charge on any atom is 0.335 e. The molecule has 1 atom stereocenters. The molecule has 0 saturated heterocycles. The molecule has 0 amide bonds. The summed E-state index contributed by atoms with van der Waals surface area (Å²) in [5.74, 6) is -0.924. The Hall–Kier alpha value is -1.81. The first-order valence-electron chi connectivity index (χ1n) is 6.46. The summed E-state index contributed by atoms with van der Waals surface area (Å²) >= 11 is 3.42. The molecule has 0 saturated carbocycles. The fourth-order valence-electron chi connectivity index (χ4n) is 2.06. The maximum atomic E-state index is 10.9. The average molecular weight is 334 g/mol. The first-order chi connectivity index (χ1) is 9.61. The third-order valence-corrected chi connectivity index (χ3v) is 3.81. The van der Waals surface area contributed by atoms with Crippen molar-refractivity contribution in [2.75, 3.05) is 5.32 Å². The summed E-state index contributed by atoms with van der Waals surface area (Å²) in [6.45, 7) is 2.12. The molecule has 0 aliphatic rings. The zero-order valence-corrected chi connectivity index (χ0v) is 12.7. The Morgan fingerprint density at radius 2 is 1.95 bits per heavy atom. The molecule has 0 aliphatic carbocycles. The summed E-state index contributed by atoms with van der Waals surface area (Å²) in [6.07, 6.45) is 0.942. The molecule has 0 bridgehead atoms. The van der Waals surface area contributed by atoms with Gasteiger partial charge in [-0.3, -0.25) is 0 Å². The second kappa shape index (κ2) is 6.57. The number of benzene rings is 2. The van der Waals surface area contributed by atoms with Crippen molar-refractivity contribution in [1.82, 2.24) is 0 Å². The molecule has 4 heteroatoms. The van der Waals surface area contributed by atoms with E-state index in [4.69, 9.17) is 5.11 Å². The number of aromatic carboxylic acids is 1. The highest BCUT2D eigenvalue weighted by atomic mass is 79.9. The van der Waals surface area contributed by atoms with Gasteiger partial charge in [0, 0.05) is 10.2 Å². The Balaban J connectivity index is 2.22. The van der Waals surface area contributed by atoms with Crippen molar-refractivity contribution < 1.29 is 9.90 Å². The highest BCUT2D eigenvalue weighted by Crippen LogP contribution is 2.29. The predicted octanol–water partition coefficient (Wildman–Crippen LogP) is 4.71. The number of carbonyl (C=O) groups is 1. The largest absolute Gasteiger partial charge is 0.478 e. The van der Waals surface area contributed by atoms with Crippen LogP contribution in [-0.2, 0) is 0 Å². The van der Waals surface area contributed by atoms with Gasteiger partial charge in [0.1, 0.15) is 0 Å². The first-order valence-corrected chi connectivity index (χ1v) is 7.25. The summed E-state index contributed by atoms with van der Waals surface area (Å²) in [4.78, 5) is 10.9. The van der Waals surface area contributed by atoms with E-state index in [0.717, 1.165) is 16.6 Å². The second-order valence-electron chi connectivity index (χ2n) is 4.52. The van der Waals surface area contributed by atoms with Gasteiger partial charge in [0.25, 0.3) is 0 Å². The SMILES string of the molecule is CCC(Nc1ccc(C(=O)O)cc1Br)c1ccccc1. The molecule has 2 N–H and O–H groups in total. The van der Waals surface area contributed by atoms with Crippen LogP contribution in [0.4, 0.5) is 5.69 Å². The monoisotopic (exact) mass is 333 g/mol. The number of carboxylic acid groups (broad SMARTS) is 1. The average Bonchev–Trinajstić information content (AvgIpc) is 2.46. The van der Waals surface area contributed by atoms with Gasteiger partial charge in [-0.05, 0) is 46.1 Å². The molecule has 0 radical (unpaired) electrons. The summed E-state index contributed by atoms with van der Waals surface area (Å²) in [5.41, 5.74) is 2.38. The summed E-state index contributed by atoms with van der Waals surface area (Å²) in [7, 11) is 0. The fourth-order valence-corrected chi connectivity index (χ4v) is 2.55. The summed E-state index contributed by atoms with van der Waals surface area (Å²) < 4.78 is 0.756. The molecule has 1 unspecified atom stereocenters. The lowest BCUT2D eigenvalue weighted by Gasteiger charge is -2.20. The Labute approximate surface area is 126 Å². The van der Waals surface area contributed by atoms with Crippen LogP contribution in [0.15, 0.2) is 53.0 Å². The van der Waals surface area contributed by atoms with Crippen molar-refractivity contribution in [1.29, 1.82) is 0 Å². The molecule has 2 rings (SSSR count). The number of anilines is 1. The van der Waals surface area contributed by atoms with Crippen LogP contribution >= 0.6 is 15.9 Å². The van der Waals surface area contributed by atoms with Gasteiger partial charge in [0.15, 0.2) is 0 Å². The molecule has 2 aromatic carbocycles. The third-order valence-electron chi connectivity index (χ3n) is 3.16. The van der Waals surface area contributed by atoms with E-state index in [1.165, 1.54) is 5.56 Å². The number of carboxylic acids is 1.